The first kappa shape index (κ1) is 21.3. The molecule has 0 saturated heterocycles. The normalized spacial score (nSPS) is 12.0. The van der Waals surface area contributed by atoms with Gasteiger partial charge in [0.1, 0.15) is 17.4 Å². The van der Waals surface area contributed by atoms with Gasteiger partial charge in [0.25, 0.3) is 0 Å². The van der Waals surface area contributed by atoms with Crippen molar-refractivity contribution >= 4 is 33.9 Å². The molecule has 0 aliphatic carbocycles. The van der Waals surface area contributed by atoms with E-state index < -0.39 is 18.1 Å². The van der Waals surface area contributed by atoms with Crippen LogP contribution in [0.15, 0.2) is 89.5 Å². The summed E-state index contributed by atoms with van der Waals surface area (Å²) in [7, 11) is 0. The van der Waals surface area contributed by atoms with Crippen LogP contribution in [0.3, 0.4) is 0 Å². The third-order valence-corrected chi connectivity index (χ3v) is 5.67. The summed E-state index contributed by atoms with van der Waals surface area (Å²) in [5.74, 6) is -0.659. The number of aliphatic carboxylic acids is 1. The predicted molar refractivity (Wildman–Crippen MR) is 128 cm³/mol. The minimum atomic E-state index is -1.13. The van der Waals surface area contributed by atoms with Crippen molar-refractivity contribution in [3.05, 3.63) is 96.4 Å². The van der Waals surface area contributed by atoms with E-state index in [0.29, 0.717) is 11.3 Å². The van der Waals surface area contributed by atoms with Crippen LogP contribution in [0.1, 0.15) is 11.3 Å². The Bertz CT molecular complexity index is 1470. The molecule has 3 aromatic carbocycles. The molecule has 7 nitrogen and oxygen atoms in total. The van der Waals surface area contributed by atoms with Crippen molar-refractivity contribution in [2.45, 2.75) is 19.1 Å². The Morgan fingerprint density at radius 2 is 1.71 bits per heavy atom. The van der Waals surface area contributed by atoms with Gasteiger partial charge in [0.15, 0.2) is 6.61 Å². The van der Waals surface area contributed by atoms with Crippen LogP contribution in [-0.2, 0) is 22.6 Å². The van der Waals surface area contributed by atoms with Gasteiger partial charge in [0.05, 0.1) is 0 Å². The highest BCUT2D eigenvalue weighted by molar-refractivity contribution is 5.88. The monoisotopic (exact) mass is 454 g/mol. The number of ether oxygens (including phenoxy) is 1. The number of nitrogens with one attached hydrogen (secondary N) is 2. The SMILES string of the molecule is O=C(N[C@H](Cc1ccccc1)C(=O)O)OCc1cc2cc(-c3ccc4[nH]ccc4c3)ccc2o1. The first-order chi connectivity index (χ1) is 16.5. The van der Waals surface area contributed by atoms with Gasteiger partial charge in [-0.25, -0.2) is 9.59 Å². The van der Waals surface area contributed by atoms with E-state index in [1.807, 2.05) is 72.9 Å². The lowest BCUT2D eigenvalue weighted by atomic mass is 10.0. The van der Waals surface area contributed by atoms with Crippen molar-refractivity contribution in [3.8, 4) is 11.1 Å². The van der Waals surface area contributed by atoms with Crippen LogP contribution in [0, 0.1) is 0 Å². The zero-order valence-electron chi connectivity index (χ0n) is 18.2. The minimum Gasteiger partial charge on any atom is -0.480 e. The van der Waals surface area contributed by atoms with Gasteiger partial charge in [-0.15, -0.1) is 0 Å². The fourth-order valence-corrected chi connectivity index (χ4v) is 3.95. The molecular formula is C27H22N2O5. The minimum absolute atomic E-state index is 0.108. The summed E-state index contributed by atoms with van der Waals surface area (Å²) in [6, 6.07) is 24.0. The second-order valence-corrected chi connectivity index (χ2v) is 8.05. The zero-order valence-corrected chi connectivity index (χ0v) is 18.2. The number of benzene rings is 3. The van der Waals surface area contributed by atoms with E-state index in [9.17, 15) is 14.7 Å². The van der Waals surface area contributed by atoms with E-state index in [2.05, 4.69) is 22.4 Å². The van der Waals surface area contributed by atoms with Crippen LogP contribution in [0.25, 0.3) is 33.0 Å². The summed E-state index contributed by atoms with van der Waals surface area (Å²) in [4.78, 5) is 27.0. The van der Waals surface area contributed by atoms with E-state index in [1.54, 1.807) is 0 Å². The van der Waals surface area contributed by atoms with Gasteiger partial charge >= 0.3 is 12.1 Å². The molecule has 170 valence electrons. The Morgan fingerprint density at radius 3 is 2.50 bits per heavy atom. The van der Waals surface area contributed by atoms with E-state index in [-0.39, 0.29) is 13.0 Å². The number of furan rings is 1. The Kier molecular flexibility index (Phi) is 5.74. The Hall–Kier alpha value is -4.52. The standard InChI is InChI=1S/C27H22N2O5/c30-26(31)24(12-17-4-2-1-3-5-17)29-27(32)33-16-22-15-21-14-19(7-9-25(21)34-22)18-6-8-23-20(13-18)10-11-28-23/h1-11,13-15,24,28H,12,16H2,(H,29,32)(H,30,31)/t24-/m1/s1. The van der Waals surface area contributed by atoms with E-state index in [4.69, 9.17) is 9.15 Å². The molecule has 0 fully saturated rings. The summed E-state index contributed by atoms with van der Waals surface area (Å²) >= 11 is 0. The lowest BCUT2D eigenvalue weighted by Crippen LogP contribution is -2.42. The van der Waals surface area contributed by atoms with Crippen LogP contribution < -0.4 is 5.32 Å². The number of alkyl carbamates (subject to hydrolysis) is 1. The van der Waals surface area contributed by atoms with Gasteiger partial charge in [-0.3, -0.25) is 0 Å². The second-order valence-electron chi connectivity index (χ2n) is 8.05. The van der Waals surface area contributed by atoms with Crippen molar-refractivity contribution in [1.82, 2.24) is 10.3 Å². The Balaban J connectivity index is 1.24. The fourth-order valence-electron chi connectivity index (χ4n) is 3.95. The van der Waals surface area contributed by atoms with Crippen molar-refractivity contribution < 1.29 is 23.8 Å². The van der Waals surface area contributed by atoms with Gasteiger partial charge in [0.2, 0.25) is 0 Å². The van der Waals surface area contributed by atoms with Crippen molar-refractivity contribution in [2.24, 2.45) is 0 Å². The molecule has 0 saturated carbocycles. The molecule has 0 bridgehead atoms. The molecule has 5 aromatic rings. The van der Waals surface area contributed by atoms with Crippen LogP contribution in [0.2, 0.25) is 0 Å². The van der Waals surface area contributed by atoms with Crippen LogP contribution in [0.4, 0.5) is 4.79 Å². The second kappa shape index (κ2) is 9.15. The van der Waals surface area contributed by atoms with Gasteiger partial charge < -0.3 is 24.6 Å². The lowest BCUT2D eigenvalue weighted by molar-refractivity contribution is -0.139. The number of carbonyl (C=O) groups is 2. The van der Waals surface area contributed by atoms with E-state index in [0.717, 1.165) is 33.0 Å². The average Bonchev–Trinajstić information content (AvgIpc) is 3.48. The van der Waals surface area contributed by atoms with Crippen LogP contribution >= 0.6 is 0 Å². The molecule has 1 atom stereocenters. The smallest absolute Gasteiger partial charge is 0.408 e. The van der Waals surface area contributed by atoms with Gasteiger partial charge in [0, 0.05) is 23.5 Å². The zero-order chi connectivity index (χ0) is 23.5. The summed E-state index contributed by atoms with van der Waals surface area (Å²) in [5, 5.41) is 13.9. The number of hydrogen-bond donors (Lipinski definition) is 3. The van der Waals surface area contributed by atoms with Gasteiger partial charge in [-0.2, -0.15) is 0 Å². The van der Waals surface area contributed by atoms with Crippen molar-refractivity contribution in [2.75, 3.05) is 0 Å². The number of amides is 1. The third-order valence-electron chi connectivity index (χ3n) is 5.67. The molecule has 2 aromatic heterocycles. The molecule has 1 amide bonds. The molecule has 0 spiro atoms. The summed E-state index contributed by atoms with van der Waals surface area (Å²) in [6.45, 7) is -0.108. The maximum absolute atomic E-state index is 12.2. The quantitative estimate of drug-likeness (QED) is 0.301. The highest BCUT2D eigenvalue weighted by Gasteiger charge is 2.21. The van der Waals surface area contributed by atoms with Crippen molar-refractivity contribution in [3.63, 3.8) is 0 Å². The number of hydrogen-bond acceptors (Lipinski definition) is 4. The average molecular weight is 454 g/mol. The Morgan fingerprint density at radius 1 is 0.941 bits per heavy atom. The third kappa shape index (κ3) is 4.63. The number of carbonyl (C=O) groups excluding carboxylic acids is 1. The molecule has 7 heteroatoms. The summed E-state index contributed by atoms with van der Waals surface area (Å²) in [5.41, 5.74) is 4.70. The molecule has 34 heavy (non-hydrogen) atoms. The molecule has 3 N–H and O–H groups in total. The number of carboxylic acid groups (broad SMARTS) is 1. The number of rotatable bonds is 7. The first-order valence-electron chi connectivity index (χ1n) is 10.9. The van der Waals surface area contributed by atoms with Gasteiger partial charge in [-0.1, -0.05) is 42.5 Å². The summed E-state index contributed by atoms with van der Waals surface area (Å²) < 4.78 is 11.0. The number of aromatic amines is 1. The summed E-state index contributed by atoms with van der Waals surface area (Å²) in [6.07, 6.45) is 1.26. The topological polar surface area (TPSA) is 105 Å². The molecule has 2 heterocycles. The first-order valence-corrected chi connectivity index (χ1v) is 10.9. The number of aromatic nitrogens is 1. The fraction of sp³-hybridized carbons (Fsp3) is 0.111. The maximum atomic E-state index is 12.2. The highest BCUT2D eigenvalue weighted by Crippen LogP contribution is 2.29. The Labute approximate surface area is 195 Å². The lowest BCUT2D eigenvalue weighted by Gasteiger charge is -2.14. The molecule has 0 aliphatic rings. The molecule has 0 radical (unpaired) electrons. The van der Waals surface area contributed by atoms with Crippen molar-refractivity contribution in [1.29, 1.82) is 0 Å². The van der Waals surface area contributed by atoms with E-state index in [1.165, 1.54) is 0 Å². The molecule has 5 rings (SSSR count). The van der Waals surface area contributed by atoms with E-state index >= 15 is 0 Å². The molecular weight excluding hydrogens is 432 g/mol. The molecule has 0 aliphatic heterocycles. The largest absolute Gasteiger partial charge is 0.480 e. The predicted octanol–water partition coefficient (Wildman–Crippen LogP) is 5.50. The van der Waals surface area contributed by atoms with Gasteiger partial charge in [-0.05, 0) is 58.5 Å². The molecule has 0 unspecified atom stereocenters. The van der Waals surface area contributed by atoms with Crippen LogP contribution in [0.5, 0.6) is 0 Å². The number of H-pyrrole nitrogens is 1. The maximum Gasteiger partial charge on any atom is 0.408 e. The van der Waals surface area contributed by atoms with Crippen LogP contribution in [-0.4, -0.2) is 28.2 Å². The highest BCUT2D eigenvalue weighted by atomic mass is 16.6. The number of fused-ring (bicyclic) bond motifs is 2. The number of carboxylic acids is 1.